The maximum Gasteiger partial charge on any atom is 0.220 e. The van der Waals surface area contributed by atoms with E-state index in [1.54, 1.807) is 0 Å². The zero-order valence-corrected chi connectivity index (χ0v) is 5.79. The summed E-state index contributed by atoms with van der Waals surface area (Å²) in [7, 11) is 0. The second-order valence-corrected chi connectivity index (χ2v) is 2.66. The molecule has 3 nitrogen and oxygen atoms in total. The maximum absolute atomic E-state index is 10.6. The van der Waals surface area contributed by atoms with Crippen molar-refractivity contribution in [1.29, 1.82) is 0 Å². The average Bonchev–Trinajstić information content (AvgIpc) is 1.88. The first kappa shape index (κ1) is 7.28. The summed E-state index contributed by atoms with van der Waals surface area (Å²) in [6.45, 7) is 0. The maximum atomic E-state index is 10.6. The normalized spacial score (nSPS) is 32.1. The molecule has 0 radical (unpaired) electrons. The SMILES string of the molecule is NC(=O)C1CC=C[C@@H](N)C1. The number of nitrogens with two attached hydrogens (primary N) is 2. The molecule has 1 rings (SSSR count). The van der Waals surface area contributed by atoms with E-state index >= 15 is 0 Å². The minimum Gasteiger partial charge on any atom is -0.369 e. The largest absolute Gasteiger partial charge is 0.369 e. The Labute approximate surface area is 60.1 Å². The molecular formula is C7H12N2O. The van der Waals surface area contributed by atoms with Gasteiger partial charge in [0, 0.05) is 12.0 Å². The van der Waals surface area contributed by atoms with Gasteiger partial charge in [-0.25, -0.2) is 0 Å². The number of primary amides is 1. The van der Waals surface area contributed by atoms with Gasteiger partial charge < -0.3 is 11.5 Å². The van der Waals surface area contributed by atoms with Crippen molar-refractivity contribution in [3.05, 3.63) is 12.2 Å². The summed E-state index contributed by atoms with van der Waals surface area (Å²) in [6, 6.07) is 0.0197. The van der Waals surface area contributed by atoms with E-state index < -0.39 is 0 Å². The molecule has 0 bridgehead atoms. The Balaban J connectivity index is 2.52. The number of hydrogen-bond acceptors (Lipinski definition) is 2. The second kappa shape index (κ2) is 2.84. The third-order valence-electron chi connectivity index (χ3n) is 1.76. The van der Waals surface area contributed by atoms with Crippen molar-refractivity contribution in [1.82, 2.24) is 0 Å². The third kappa shape index (κ3) is 1.57. The van der Waals surface area contributed by atoms with Crippen molar-refractivity contribution in [2.24, 2.45) is 17.4 Å². The van der Waals surface area contributed by atoms with E-state index in [0.717, 1.165) is 6.42 Å². The monoisotopic (exact) mass is 140 g/mol. The van der Waals surface area contributed by atoms with Crippen molar-refractivity contribution in [2.45, 2.75) is 18.9 Å². The lowest BCUT2D eigenvalue weighted by atomic mass is 9.91. The molecule has 2 atom stereocenters. The smallest absolute Gasteiger partial charge is 0.220 e. The van der Waals surface area contributed by atoms with Gasteiger partial charge in [-0.15, -0.1) is 0 Å². The summed E-state index contributed by atoms with van der Waals surface area (Å²) in [5.74, 6) is -0.278. The molecule has 0 saturated heterocycles. The predicted octanol–water partition coefficient (Wildman–Crippen LogP) is -0.235. The number of carbonyl (C=O) groups excluding carboxylic acids is 1. The van der Waals surface area contributed by atoms with Crippen molar-refractivity contribution < 1.29 is 4.79 Å². The van der Waals surface area contributed by atoms with Crippen molar-refractivity contribution in [2.75, 3.05) is 0 Å². The van der Waals surface area contributed by atoms with Crippen molar-refractivity contribution in [3.8, 4) is 0 Å². The van der Waals surface area contributed by atoms with Gasteiger partial charge in [0.2, 0.25) is 5.91 Å². The standard InChI is InChI=1S/C7H12N2O/c8-6-3-1-2-5(4-6)7(9)10/h1,3,5-6H,2,4,8H2,(H2,9,10)/t5?,6-/m1/s1. The van der Waals surface area contributed by atoms with E-state index in [1.165, 1.54) is 0 Å². The molecule has 0 heterocycles. The second-order valence-electron chi connectivity index (χ2n) is 2.66. The quantitative estimate of drug-likeness (QED) is 0.494. The zero-order valence-electron chi connectivity index (χ0n) is 5.79. The van der Waals surface area contributed by atoms with Gasteiger partial charge in [0.15, 0.2) is 0 Å². The van der Waals surface area contributed by atoms with Crippen LogP contribution in [0.4, 0.5) is 0 Å². The zero-order chi connectivity index (χ0) is 7.56. The molecule has 0 saturated carbocycles. The summed E-state index contributed by atoms with van der Waals surface area (Å²) in [5, 5.41) is 0. The van der Waals surface area contributed by atoms with Gasteiger partial charge in [-0.1, -0.05) is 12.2 Å². The fourth-order valence-corrected chi connectivity index (χ4v) is 1.15. The molecule has 0 aliphatic heterocycles. The molecular weight excluding hydrogens is 128 g/mol. The highest BCUT2D eigenvalue weighted by Crippen LogP contribution is 2.16. The fraction of sp³-hybridized carbons (Fsp3) is 0.571. The lowest BCUT2D eigenvalue weighted by Crippen LogP contribution is -2.32. The highest BCUT2D eigenvalue weighted by Gasteiger charge is 2.19. The Morgan fingerprint density at radius 3 is 2.70 bits per heavy atom. The van der Waals surface area contributed by atoms with Crippen LogP contribution in [0.15, 0.2) is 12.2 Å². The van der Waals surface area contributed by atoms with Crippen LogP contribution in [0.25, 0.3) is 0 Å². The van der Waals surface area contributed by atoms with Crippen molar-refractivity contribution >= 4 is 5.91 Å². The third-order valence-corrected chi connectivity index (χ3v) is 1.76. The van der Waals surface area contributed by atoms with E-state index in [4.69, 9.17) is 11.5 Å². The molecule has 0 aromatic rings. The van der Waals surface area contributed by atoms with Gasteiger partial charge in [-0.3, -0.25) is 4.79 Å². The molecule has 1 aliphatic carbocycles. The Morgan fingerprint density at radius 2 is 2.30 bits per heavy atom. The average molecular weight is 140 g/mol. The van der Waals surface area contributed by atoms with Crippen LogP contribution in [0.3, 0.4) is 0 Å². The Hall–Kier alpha value is -0.830. The summed E-state index contributed by atoms with van der Waals surface area (Å²) in [5.41, 5.74) is 10.7. The van der Waals surface area contributed by atoms with Crippen LogP contribution in [-0.4, -0.2) is 11.9 Å². The Kier molecular flexibility index (Phi) is 2.06. The molecule has 1 unspecified atom stereocenters. The Bertz CT molecular complexity index is 165. The highest BCUT2D eigenvalue weighted by molar-refractivity contribution is 5.77. The first-order valence-electron chi connectivity index (χ1n) is 3.41. The van der Waals surface area contributed by atoms with E-state index in [1.807, 2.05) is 12.2 Å². The molecule has 1 aliphatic rings. The number of hydrogen-bond donors (Lipinski definition) is 2. The number of carbonyl (C=O) groups is 1. The molecule has 1 amide bonds. The first-order chi connectivity index (χ1) is 4.70. The van der Waals surface area contributed by atoms with Crippen molar-refractivity contribution in [3.63, 3.8) is 0 Å². The topological polar surface area (TPSA) is 69.1 Å². The van der Waals surface area contributed by atoms with Gasteiger partial charge in [0.05, 0.1) is 0 Å². The van der Waals surface area contributed by atoms with Crippen LogP contribution in [0.1, 0.15) is 12.8 Å². The molecule has 0 fully saturated rings. The first-order valence-corrected chi connectivity index (χ1v) is 3.41. The van der Waals surface area contributed by atoms with Gasteiger partial charge in [0.25, 0.3) is 0 Å². The highest BCUT2D eigenvalue weighted by atomic mass is 16.1. The summed E-state index contributed by atoms with van der Waals surface area (Å²) in [6.07, 6.45) is 5.29. The van der Waals surface area contributed by atoms with E-state index in [2.05, 4.69) is 0 Å². The lowest BCUT2D eigenvalue weighted by Gasteiger charge is -2.18. The number of allylic oxidation sites excluding steroid dienone is 1. The molecule has 0 aromatic carbocycles. The minimum absolute atomic E-state index is 0.0197. The Morgan fingerprint density at radius 1 is 1.60 bits per heavy atom. The lowest BCUT2D eigenvalue weighted by molar-refractivity contribution is -0.122. The van der Waals surface area contributed by atoms with E-state index in [-0.39, 0.29) is 17.9 Å². The van der Waals surface area contributed by atoms with Crippen LogP contribution in [0.2, 0.25) is 0 Å². The molecule has 4 N–H and O–H groups in total. The van der Waals surface area contributed by atoms with Gasteiger partial charge in [-0.05, 0) is 12.8 Å². The van der Waals surface area contributed by atoms with Gasteiger partial charge >= 0.3 is 0 Å². The van der Waals surface area contributed by atoms with E-state index in [9.17, 15) is 4.79 Å². The summed E-state index contributed by atoms with van der Waals surface area (Å²) in [4.78, 5) is 10.6. The minimum atomic E-state index is -0.236. The molecule has 3 heteroatoms. The molecule has 56 valence electrons. The predicted molar refractivity (Wildman–Crippen MR) is 39.0 cm³/mol. The molecule has 10 heavy (non-hydrogen) atoms. The van der Waals surface area contributed by atoms with E-state index in [0.29, 0.717) is 6.42 Å². The van der Waals surface area contributed by atoms with Crippen LogP contribution >= 0.6 is 0 Å². The fourth-order valence-electron chi connectivity index (χ4n) is 1.15. The van der Waals surface area contributed by atoms with Gasteiger partial charge in [-0.2, -0.15) is 0 Å². The van der Waals surface area contributed by atoms with Crippen LogP contribution < -0.4 is 11.5 Å². The van der Waals surface area contributed by atoms with Crippen LogP contribution in [0, 0.1) is 5.92 Å². The van der Waals surface area contributed by atoms with Gasteiger partial charge in [0.1, 0.15) is 0 Å². The number of amides is 1. The van der Waals surface area contributed by atoms with Crippen LogP contribution in [0.5, 0.6) is 0 Å². The summed E-state index contributed by atoms with van der Waals surface area (Å²) >= 11 is 0. The van der Waals surface area contributed by atoms with Crippen LogP contribution in [-0.2, 0) is 4.79 Å². The number of rotatable bonds is 1. The summed E-state index contributed by atoms with van der Waals surface area (Å²) < 4.78 is 0. The molecule has 0 spiro atoms. The molecule has 0 aromatic heterocycles.